The largest absolute Gasteiger partial charge is 0.461 e. The van der Waals surface area contributed by atoms with Gasteiger partial charge in [0.05, 0.1) is 24.1 Å². The van der Waals surface area contributed by atoms with Crippen molar-refractivity contribution in [1.82, 2.24) is 0 Å². The molecule has 0 fully saturated rings. The van der Waals surface area contributed by atoms with Crippen molar-refractivity contribution in [3.05, 3.63) is 264 Å². The number of furan rings is 1. The lowest BCUT2D eigenvalue weighted by molar-refractivity contribution is 0.415. The molecule has 0 saturated carbocycles. The average Bonchev–Trinajstić information content (AvgIpc) is 4.09. The Kier molecular flexibility index (Phi) is 10.8. The van der Waals surface area contributed by atoms with Gasteiger partial charge in [-0.15, -0.1) is 0 Å². The van der Waals surface area contributed by atoms with Crippen LogP contribution in [0.5, 0.6) is 5.75 Å². The number of amidine groups is 2. The van der Waals surface area contributed by atoms with E-state index < -0.39 is 0 Å². The van der Waals surface area contributed by atoms with Crippen molar-refractivity contribution in [2.75, 3.05) is 4.90 Å². The Bertz CT molecular complexity index is 3900. The minimum Gasteiger partial charge on any atom is -0.461 e. The zero-order chi connectivity index (χ0) is 49.0. The summed E-state index contributed by atoms with van der Waals surface area (Å²) in [6.07, 6.45) is 6.23. The Balaban J connectivity index is 0.890. The summed E-state index contributed by atoms with van der Waals surface area (Å²) in [6.45, 7) is 9.21. The van der Waals surface area contributed by atoms with Crippen LogP contribution in [0.25, 0.3) is 55.3 Å². The number of benzene rings is 9. The first kappa shape index (κ1) is 43.9. The maximum absolute atomic E-state index is 6.61. The molecule has 0 spiro atoms. The molecule has 1 aromatic heterocycles. The Morgan fingerprint density at radius 3 is 2.04 bits per heavy atom. The van der Waals surface area contributed by atoms with Crippen LogP contribution < -0.4 is 9.64 Å². The van der Waals surface area contributed by atoms with Crippen LogP contribution >= 0.6 is 0 Å². The summed E-state index contributed by atoms with van der Waals surface area (Å²) in [4.78, 5) is 17.2. The monoisotopic (exact) mass is 942 g/mol. The van der Waals surface area contributed by atoms with Gasteiger partial charge in [0, 0.05) is 44.3 Å². The average molecular weight is 943 g/mol. The second kappa shape index (κ2) is 17.9. The highest BCUT2D eigenvalue weighted by Crippen LogP contribution is 2.55. The molecule has 6 nitrogen and oxygen atoms in total. The minimum atomic E-state index is -0.235. The maximum Gasteiger partial charge on any atom is 0.157 e. The highest BCUT2D eigenvalue weighted by Gasteiger charge is 2.40. The van der Waals surface area contributed by atoms with Crippen LogP contribution in [-0.2, 0) is 12.0 Å². The Labute approximate surface area is 425 Å². The Morgan fingerprint density at radius 2 is 1.25 bits per heavy atom. The van der Waals surface area contributed by atoms with E-state index >= 15 is 0 Å². The van der Waals surface area contributed by atoms with Crippen LogP contribution in [0, 0.1) is 5.92 Å². The number of ether oxygens (including phenoxy) is 1. The molecule has 6 heteroatoms. The molecule has 350 valence electrons. The van der Waals surface area contributed by atoms with Gasteiger partial charge in [-0.1, -0.05) is 178 Å². The molecule has 2 aliphatic carbocycles. The molecule has 2 atom stereocenters. The number of hydrogen-bond donors (Lipinski definition) is 0. The van der Waals surface area contributed by atoms with Gasteiger partial charge in [0.25, 0.3) is 0 Å². The summed E-state index contributed by atoms with van der Waals surface area (Å²) in [7, 11) is 0. The smallest absolute Gasteiger partial charge is 0.157 e. The lowest BCUT2D eigenvalue weighted by Crippen LogP contribution is -2.22. The van der Waals surface area contributed by atoms with Gasteiger partial charge in [0.1, 0.15) is 28.5 Å². The summed E-state index contributed by atoms with van der Waals surface area (Å²) in [6, 6.07) is 75.1. The third-order valence-corrected chi connectivity index (χ3v) is 14.9. The fourth-order valence-electron chi connectivity index (χ4n) is 11.3. The summed E-state index contributed by atoms with van der Waals surface area (Å²) in [5, 5.41) is 2.09. The van der Waals surface area contributed by atoms with Crippen molar-refractivity contribution in [1.29, 1.82) is 0 Å². The van der Waals surface area contributed by atoms with Crippen molar-refractivity contribution in [2.45, 2.75) is 31.7 Å². The van der Waals surface area contributed by atoms with Crippen molar-refractivity contribution in [2.24, 2.45) is 20.9 Å². The van der Waals surface area contributed by atoms with E-state index in [4.69, 9.17) is 19.1 Å². The third-order valence-electron chi connectivity index (χ3n) is 14.9. The fourth-order valence-corrected chi connectivity index (χ4v) is 11.3. The number of fused-ring (bicyclic) bond motifs is 9. The topological polar surface area (TPSA) is 62.7 Å². The molecule has 0 bridgehead atoms. The van der Waals surface area contributed by atoms with Gasteiger partial charge >= 0.3 is 0 Å². The van der Waals surface area contributed by atoms with Crippen LogP contribution in [0.1, 0.15) is 47.6 Å². The molecule has 3 aliphatic rings. The van der Waals surface area contributed by atoms with Gasteiger partial charge < -0.3 is 14.1 Å². The van der Waals surface area contributed by atoms with Crippen molar-refractivity contribution >= 4 is 57.4 Å². The minimum absolute atomic E-state index is 0.149. The van der Waals surface area contributed by atoms with Gasteiger partial charge in [-0.2, -0.15) is 0 Å². The van der Waals surface area contributed by atoms with Crippen LogP contribution in [0.15, 0.2) is 256 Å². The summed E-state index contributed by atoms with van der Waals surface area (Å²) >= 11 is 0. The second-order valence-corrected chi connectivity index (χ2v) is 19.5. The van der Waals surface area contributed by atoms with E-state index in [2.05, 4.69) is 206 Å². The van der Waals surface area contributed by atoms with Gasteiger partial charge in [-0.3, -0.25) is 4.99 Å². The highest BCUT2D eigenvalue weighted by molar-refractivity contribution is 6.10. The summed E-state index contributed by atoms with van der Waals surface area (Å²) < 4.78 is 13.2. The number of rotatable bonds is 9. The van der Waals surface area contributed by atoms with E-state index in [0.29, 0.717) is 18.2 Å². The number of allylic oxidation sites excluding steroid dienone is 3. The number of aliphatic imine (C=N–C) groups is 3. The number of nitrogens with zero attached hydrogens (tertiary/aromatic N) is 4. The molecule has 1 aliphatic heterocycles. The molecule has 0 N–H and O–H groups in total. The van der Waals surface area contributed by atoms with E-state index in [-0.39, 0.29) is 17.3 Å². The summed E-state index contributed by atoms with van der Waals surface area (Å²) in [5.41, 5.74) is 17.6. The zero-order valence-corrected chi connectivity index (χ0v) is 40.6. The quantitative estimate of drug-likeness (QED) is 0.107. The van der Waals surface area contributed by atoms with Gasteiger partial charge in [-0.25, -0.2) is 9.98 Å². The molecule has 2 unspecified atom stereocenters. The van der Waals surface area contributed by atoms with Crippen LogP contribution in [-0.4, -0.2) is 18.4 Å². The van der Waals surface area contributed by atoms with E-state index in [1.165, 1.54) is 33.4 Å². The predicted molar refractivity (Wildman–Crippen MR) is 301 cm³/mol. The molecule has 2 heterocycles. The van der Waals surface area contributed by atoms with Gasteiger partial charge in [-0.05, 0) is 118 Å². The highest BCUT2D eigenvalue weighted by atomic mass is 16.5. The number of hydrogen-bond acceptors (Lipinski definition) is 4. The molecular formula is C67H50N4O2. The van der Waals surface area contributed by atoms with Crippen molar-refractivity contribution in [3.8, 4) is 39.1 Å². The van der Waals surface area contributed by atoms with Gasteiger partial charge in [0.2, 0.25) is 0 Å². The maximum atomic E-state index is 6.61. The molecule has 13 rings (SSSR count). The van der Waals surface area contributed by atoms with Crippen LogP contribution in [0.2, 0.25) is 0 Å². The predicted octanol–water partition coefficient (Wildman–Crippen LogP) is 17.0. The second-order valence-electron chi connectivity index (χ2n) is 19.5. The number of anilines is 3. The lowest BCUT2D eigenvalue weighted by Gasteiger charge is -2.29. The molecular weight excluding hydrogens is 893 g/mol. The first-order valence-electron chi connectivity index (χ1n) is 24.9. The zero-order valence-electron chi connectivity index (χ0n) is 40.6. The Hall–Kier alpha value is -9.13. The molecule has 0 radical (unpaired) electrons. The SMILES string of the molecule is C=NC(=NC(=NCc1ccccc1)c1ccccc1)C1C=CC=C2Oc3ccc(-c4ccc5oc6ccc(N(c7ccc(-c8ccccc8)cc7)c7cccc8c7-c7ccccc7C8(C)C)cc6c5c4)cc3C21. The third kappa shape index (κ3) is 7.71. The normalized spacial score (nSPS) is 16.3. The van der Waals surface area contributed by atoms with Crippen molar-refractivity contribution < 1.29 is 9.15 Å². The van der Waals surface area contributed by atoms with Crippen LogP contribution in [0.4, 0.5) is 17.1 Å². The van der Waals surface area contributed by atoms with Crippen molar-refractivity contribution in [3.63, 3.8) is 0 Å². The molecule has 9 aromatic carbocycles. The lowest BCUT2D eigenvalue weighted by atomic mass is 9.81. The van der Waals surface area contributed by atoms with Gasteiger partial charge in [0.15, 0.2) is 5.84 Å². The first-order valence-corrected chi connectivity index (χ1v) is 24.9. The van der Waals surface area contributed by atoms with E-state index in [1.54, 1.807) is 0 Å². The molecule has 73 heavy (non-hydrogen) atoms. The summed E-state index contributed by atoms with van der Waals surface area (Å²) in [5.74, 6) is 2.49. The Morgan fingerprint density at radius 1 is 0.603 bits per heavy atom. The van der Waals surface area contributed by atoms with Crippen LogP contribution in [0.3, 0.4) is 0 Å². The van der Waals surface area contributed by atoms with E-state index in [9.17, 15) is 0 Å². The molecule has 0 saturated heterocycles. The molecule has 0 amide bonds. The fraction of sp³-hybridized carbons (Fsp3) is 0.0896. The van der Waals surface area contributed by atoms with E-state index in [0.717, 1.165) is 78.3 Å². The standard InChI is InChI=1S/C67H50N4O2/c1-67(2)56-25-14-13-23-51(56)64-57(67)26-16-27-58(64)71(49-33-29-45(30-34-49)44-19-9-5-10-20-44)50-35-38-60-54(41-50)53-39-47(31-36-59(53)72-60)48-32-37-61-55(40-48)63-52(24-15-28-62(63)73-61)66(68-3)70-65(46-21-11-6-12-22-46)69-42-43-17-7-4-8-18-43/h4-41,52,63H,3,42H2,1-2H3. The molecule has 10 aromatic rings. The first-order chi connectivity index (χ1) is 35.9. The van der Waals surface area contributed by atoms with E-state index in [1.807, 2.05) is 54.6 Å².